The highest BCUT2D eigenvalue weighted by Gasteiger charge is 2.04. The van der Waals surface area contributed by atoms with Gasteiger partial charge in [-0.1, -0.05) is 23.2 Å². The molecule has 0 saturated heterocycles. The van der Waals surface area contributed by atoms with Gasteiger partial charge < -0.3 is 5.32 Å². The molecule has 0 atom stereocenters. The summed E-state index contributed by atoms with van der Waals surface area (Å²) in [4.78, 5) is 4.95. The van der Waals surface area contributed by atoms with E-state index < -0.39 is 0 Å². The second kappa shape index (κ2) is 5.37. The molecular weight excluding hydrogens is 277 g/mol. The number of nitriles is 1. The maximum absolute atomic E-state index is 8.96. The maximum Gasteiger partial charge on any atom is 0.183 e. The van der Waals surface area contributed by atoms with Gasteiger partial charge in [-0.3, -0.25) is 0 Å². The molecule has 0 radical (unpaired) electrons. The van der Waals surface area contributed by atoms with Crippen LogP contribution in [0.4, 0.5) is 5.69 Å². The van der Waals surface area contributed by atoms with Crippen LogP contribution in [0.25, 0.3) is 0 Å². The second-order valence-corrected chi connectivity index (χ2v) is 5.37. The van der Waals surface area contributed by atoms with Gasteiger partial charge in [-0.25, -0.2) is 4.98 Å². The lowest BCUT2D eigenvalue weighted by molar-refractivity contribution is 1.17. The third-order valence-corrected chi connectivity index (χ3v) is 3.43. The van der Waals surface area contributed by atoms with Gasteiger partial charge in [0.1, 0.15) is 6.07 Å². The topological polar surface area (TPSA) is 48.7 Å². The lowest BCUT2D eigenvalue weighted by Crippen LogP contribution is -1.99. The van der Waals surface area contributed by atoms with Gasteiger partial charge >= 0.3 is 0 Å². The Labute approximate surface area is 113 Å². The molecule has 3 nitrogen and oxygen atoms in total. The minimum absolute atomic E-state index is 0.512. The van der Waals surface area contributed by atoms with Crippen LogP contribution in [-0.2, 0) is 6.54 Å². The molecule has 0 unspecified atom stereocenters. The first-order valence-electron chi connectivity index (χ1n) is 4.73. The van der Waals surface area contributed by atoms with Crippen molar-refractivity contribution in [2.45, 2.75) is 6.54 Å². The van der Waals surface area contributed by atoms with E-state index in [0.717, 1.165) is 10.6 Å². The van der Waals surface area contributed by atoms with Crippen molar-refractivity contribution in [3.05, 3.63) is 44.3 Å². The summed E-state index contributed by atoms with van der Waals surface area (Å²) in [6.45, 7) is 0.584. The zero-order valence-electron chi connectivity index (χ0n) is 8.58. The van der Waals surface area contributed by atoms with Crippen LogP contribution in [0.1, 0.15) is 10.4 Å². The number of anilines is 1. The van der Waals surface area contributed by atoms with Gasteiger partial charge in [-0.15, -0.1) is 11.3 Å². The highest BCUT2D eigenvalue weighted by atomic mass is 35.5. The fraction of sp³-hybridized carbons (Fsp3) is 0.0909. The van der Waals surface area contributed by atoms with Crippen LogP contribution < -0.4 is 5.32 Å². The second-order valence-electron chi connectivity index (χ2n) is 3.23. The molecule has 0 saturated carbocycles. The number of hydrogen-bond donors (Lipinski definition) is 1. The number of rotatable bonds is 3. The molecule has 17 heavy (non-hydrogen) atoms. The fourth-order valence-electron chi connectivity index (χ4n) is 1.31. The summed E-state index contributed by atoms with van der Waals surface area (Å²) in [5.74, 6) is 0. The summed E-state index contributed by atoms with van der Waals surface area (Å²) in [5, 5.41) is 12.7. The number of halogens is 2. The number of thiazole rings is 1. The molecule has 2 aromatic rings. The summed E-state index contributed by atoms with van der Waals surface area (Å²) in [5.41, 5.74) is 1.27. The van der Waals surface area contributed by atoms with Crippen molar-refractivity contribution in [2.75, 3.05) is 5.32 Å². The molecule has 0 aliphatic heterocycles. The summed E-state index contributed by atoms with van der Waals surface area (Å²) >= 11 is 12.9. The van der Waals surface area contributed by atoms with Crippen LogP contribution in [0.2, 0.25) is 9.49 Å². The van der Waals surface area contributed by atoms with Crippen LogP contribution in [0.15, 0.2) is 24.4 Å². The van der Waals surface area contributed by atoms with E-state index in [4.69, 9.17) is 28.5 Å². The van der Waals surface area contributed by atoms with E-state index in [-0.39, 0.29) is 0 Å². The first kappa shape index (κ1) is 12.2. The highest BCUT2D eigenvalue weighted by molar-refractivity contribution is 7.15. The number of hydrogen-bond acceptors (Lipinski definition) is 4. The standard InChI is InChI=1S/C11H7Cl2N3S/c12-8-1-2-10(7(3-8)4-14)15-5-9-6-16-11(13)17-9/h1-3,6,15H,5H2. The minimum Gasteiger partial charge on any atom is -0.379 e. The van der Waals surface area contributed by atoms with Crippen LogP contribution >= 0.6 is 34.5 Å². The lowest BCUT2D eigenvalue weighted by atomic mass is 10.2. The normalized spacial score (nSPS) is 9.94. The summed E-state index contributed by atoms with van der Waals surface area (Å²) in [6, 6.07) is 7.24. The summed E-state index contributed by atoms with van der Waals surface area (Å²) in [6.07, 6.45) is 1.71. The van der Waals surface area contributed by atoms with Gasteiger partial charge in [-0.2, -0.15) is 5.26 Å². The van der Waals surface area contributed by atoms with Crippen molar-refractivity contribution in [3.8, 4) is 6.07 Å². The Morgan fingerprint density at radius 2 is 2.24 bits per heavy atom. The molecule has 0 spiro atoms. The van der Waals surface area contributed by atoms with E-state index in [1.165, 1.54) is 11.3 Å². The quantitative estimate of drug-likeness (QED) is 0.928. The van der Waals surface area contributed by atoms with E-state index in [1.54, 1.807) is 24.4 Å². The van der Waals surface area contributed by atoms with Crippen molar-refractivity contribution in [1.29, 1.82) is 5.26 Å². The number of nitrogens with zero attached hydrogens (tertiary/aromatic N) is 2. The van der Waals surface area contributed by atoms with Gasteiger partial charge in [0.15, 0.2) is 4.47 Å². The average Bonchev–Trinajstić information content (AvgIpc) is 2.73. The molecule has 6 heteroatoms. The minimum atomic E-state index is 0.512. The van der Waals surface area contributed by atoms with Gasteiger partial charge in [0.2, 0.25) is 0 Å². The Bertz CT molecular complexity index is 574. The SMILES string of the molecule is N#Cc1cc(Cl)ccc1NCc1cnc(Cl)s1. The van der Waals surface area contributed by atoms with Crippen molar-refractivity contribution in [2.24, 2.45) is 0 Å². The van der Waals surface area contributed by atoms with E-state index in [2.05, 4.69) is 16.4 Å². The Kier molecular flexibility index (Phi) is 3.85. The molecule has 1 aromatic heterocycles. The van der Waals surface area contributed by atoms with Crippen LogP contribution in [0.3, 0.4) is 0 Å². The molecule has 2 rings (SSSR count). The Hall–Kier alpha value is -1.28. The fourth-order valence-corrected chi connectivity index (χ4v) is 2.40. The zero-order valence-corrected chi connectivity index (χ0v) is 10.9. The van der Waals surface area contributed by atoms with E-state index in [0.29, 0.717) is 21.6 Å². The van der Waals surface area contributed by atoms with Crippen LogP contribution in [-0.4, -0.2) is 4.98 Å². The molecule has 0 amide bonds. The van der Waals surface area contributed by atoms with Crippen LogP contribution in [0, 0.1) is 11.3 Å². The molecule has 1 aromatic carbocycles. The highest BCUT2D eigenvalue weighted by Crippen LogP contribution is 2.22. The lowest BCUT2D eigenvalue weighted by Gasteiger charge is -2.06. The third-order valence-electron chi connectivity index (χ3n) is 2.08. The molecule has 0 aliphatic carbocycles. The zero-order chi connectivity index (χ0) is 12.3. The predicted octanol–water partition coefficient (Wildman–Crippen LogP) is 3.93. The molecule has 1 heterocycles. The summed E-state index contributed by atoms with van der Waals surface area (Å²) in [7, 11) is 0. The first-order chi connectivity index (χ1) is 8.19. The third kappa shape index (κ3) is 3.10. The molecule has 0 bridgehead atoms. The van der Waals surface area contributed by atoms with Crippen molar-refractivity contribution >= 4 is 40.2 Å². The number of nitrogens with one attached hydrogen (secondary N) is 1. The van der Waals surface area contributed by atoms with Gasteiger partial charge in [0.25, 0.3) is 0 Å². The summed E-state index contributed by atoms with van der Waals surface area (Å²) < 4.78 is 0.512. The smallest absolute Gasteiger partial charge is 0.183 e. The molecule has 0 aliphatic rings. The monoisotopic (exact) mass is 283 g/mol. The van der Waals surface area contributed by atoms with E-state index in [1.807, 2.05) is 0 Å². The largest absolute Gasteiger partial charge is 0.379 e. The Morgan fingerprint density at radius 3 is 2.88 bits per heavy atom. The van der Waals surface area contributed by atoms with Crippen molar-refractivity contribution in [3.63, 3.8) is 0 Å². The average molecular weight is 284 g/mol. The molecule has 0 fully saturated rings. The van der Waals surface area contributed by atoms with Gasteiger partial charge in [-0.05, 0) is 18.2 Å². The predicted molar refractivity (Wildman–Crippen MR) is 70.6 cm³/mol. The molecular formula is C11H7Cl2N3S. The van der Waals surface area contributed by atoms with Gasteiger partial charge in [0.05, 0.1) is 17.8 Å². The number of benzene rings is 1. The van der Waals surface area contributed by atoms with Crippen molar-refractivity contribution in [1.82, 2.24) is 4.98 Å². The Morgan fingerprint density at radius 1 is 1.41 bits per heavy atom. The first-order valence-corrected chi connectivity index (χ1v) is 6.30. The molecule has 86 valence electrons. The van der Waals surface area contributed by atoms with Crippen molar-refractivity contribution < 1.29 is 0 Å². The van der Waals surface area contributed by atoms with E-state index in [9.17, 15) is 0 Å². The maximum atomic E-state index is 8.96. The Balaban J connectivity index is 2.12. The van der Waals surface area contributed by atoms with E-state index >= 15 is 0 Å². The number of aromatic nitrogens is 1. The van der Waals surface area contributed by atoms with Crippen LogP contribution in [0.5, 0.6) is 0 Å². The van der Waals surface area contributed by atoms with Gasteiger partial charge in [0, 0.05) is 16.1 Å². The molecule has 1 N–H and O–H groups in total.